The van der Waals surface area contributed by atoms with Crippen molar-refractivity contribution in [3.8, 4) is 0 Å². The van der Waals surface area contributed by atoms with Crippen molar-refractivity contribution in [3.05, 3.63) is 35.9 Å². The van der Waals surface area contributed by atoms with Crippen molar-refractivity contribution >= 4 is 12.4 Å². The molecule has 74 valence electrons. The van der Waals surface area contributed by atoms with Crippen LogP contribution in [0.2, 0.25) is 0 Å². The fraction of sp³-hybridized carbons (Fsp3) is 0.400. The third-order valence-corrected chi connectivity index (χ3v) is 1.44. The topological polar surface area (TPSA) is 21.3 Å². The maximum absolute atomic E-state index is 5.20. The van der Waals surface area contributed by atoms with Crippen molar-refractivity contribution < 1.29 is 4.84 Å². The fourth-order valence-electron chi connectivity index (χ4n) is 0.888. The molecule has 0 unspecified atom stereocenters. The number of benzene rings is 1. The first-order chi connectivity index (χ1) is 5.79. The summed E-state index contributed by atoms with van der Waals surface area (Å²) in [6.45, 7) is 4.76. The van der Waals surface area contributed by atoms with Gasteiger partial charge in [-0.25, -0.2) is 0 Å². The molecule has 0 aliphatic carbocycles. The molecule has 0 aromatic heterocycles. The van der Waals surface area contributed by atoms with Crippen LogP contribution in [0.5, 0.6) is 0 Å². The van der Waals surface area contributed by atoms with Gasteiger partial charge < -0.3 is 0 Å². The molecule has 0 heterocycles. The molecular formula is C10H16ClNO. The smallest absolute Gasteiger partial charge is 0.0734 e. The zero-order valence-electron chi connectivity index (χ0n) is 7.99. The Bertz CT molecular complexity index is 213. The second-order valence-electron chi connectivity index (χ2n) is 2.97. The molecule has 1 N–H and O–H groups in total. The number of rotatable bonds is 4. The average Bonchev–Trinajstić information content (AvgIpc) is 2.05. The first-order valence-corrected chi connectivity index (χ1v) is 4.21. The van der Waals surface area contributed by atoms with Crippen molar-refractivity contribution in [2.75, 3.05) is 0 Å². The highest BCUT2D eigenvalue weighted by molar-refractivity contribution is 5.85. The zero-order valence-corrected chi connectivity index (χ0v) is 8.80. The number of hydroxylamine groups is 1. The zero-order chi connectivity index (χ0) is 8.81. The van der Waals surface area contributed by atoms with E-state index in [1.807, 2.05) is 32.0 Å². The van der Waals surface area contributed by atoms with Crippen LogP contribution in [0.4, 0.5) is 0 Å². The first kappa shape index (κ1) is 12.4. The Hall–Kier alpha value is -0.570. The summed E-state index contributed by atoms with van der Waals surface area (Å²) in [5.41, 5.74) is 4.14. The standard InChI is InChI=1S/C10H15NO.ClH/c1-9(2)12-11-8-10-6-4-3-5-7-10;/h3-7,9,11H,8H2,1-2H3;1H. The molecule has 1 aromatic carbocycles. The third-order valence-electron chi connectivity index (χ3n) is 1.44. The fourth-order valence-corrected chi connectivity index (χ4v) is 0.888. The number of nitrogens with one attached hydrogen (secondary N) is 1. The van der Waals surface area contributed by atoms with E-state index in [1.54, 1.807) is 0 Å². The van der Waals surface area contributed by atoms with Gasteiger partial charge in [-0.1, -0.05) is 30.3 Å². The summed E-state index contributed by atoms with van der Waals surface area (Å²) >= 11 is 0. The Balaban J connectivity index is 0.00000144. The second kappa shape index (κ2) is 6.89. The molecule has 0 amide bonds. The Labute approximate surface area is 85.7 Å². The Morgan fingerprint density at radius 3 is 2.38 bits per heavy atom. The van der Waals surface area contributed by atoms with Crippen molar-refractivity contribution in [2.45, 2.75) is 26.5 Å². The molecule has 2 nitrogen and oxygen atoms in total. The van der Waals surface area contributed by atoms with Gasteiger partial charge in [-0.05, 0) is 19.4 Å². The summed E-state index contributed by atoms with van der Waals surface area (Å²) in [5, 5.41) is 0. The van der Waals surface area contributed by atoms with E-state index < -0.39 is 0 Å². The minimum Gasteiger partial charge on any atom is -0.299 e. The van der Waals surface area contributed by atoms with Crippen LogP contribution >= 0.6 is 12.4 Å². The molecule has 0 spiro atoms. The quantitative estimate of drug-likeness (QED) is 0.756. The highest BCUT2D eigenvalue weighted by Crippen LogP contribution is 1.97. The molecule has 0 radical (unpaired) electrons. The monoisotopic (exact) mass is 201 g/mol. The lowest BCUT2D eigenvalue weighted by atomic mass is 10.2. The number of halogens is 1. The van der Waals surface area contributed by atoms with E-state index in [0.717, 1.165) is 6.54 Å². The Morgan fingerprint density at radius 2 is 1.85 bits per heavy atom. The van der Waals surface area contributed by atoms with E-state index in [-0.39, 0.29) is 18.5 Å². The second-order valence-corrected chi connectivity index (χ2v) is 2.97. The molecule has 0 fully saturated rings. The van der Waals surface area contributed by atoms with Crippen LogP contribution < -0.4 is 5.48 Å². The molecule has 0 saturated heterocycles. The molecule has 0 atom stereocenters. The number of hydrogen-bond acceptors (Lipinski definition) is 2. The van der Waals surface area contributed by atoms with E-state index in [0.29, 0.717) is 0 Å². The van der Waals surface area contributed by atoms with Crippen molar-refractivity contribution in [2.24, 2.45) is 0 Å². The normalized spacial score (nSPS) is 9.77. The van der Waals surface area contributed by atoms with Crippen LogP contribution in [-0.2, 0) is 11.4 Å². The lowest BCUT2D eigenvalue weighted by Crippen LogP contribution is -2.18. The van der Waals surface area contributed by atoms with E-state index in [4.69, 9.17) is 4.84 Å². The lowest BCUT2D eigenvalue weighted by Gasteiger charge is -2.07. The van der Waals surface area contributed by atoms with Crippen LogP contribution in [-0.4, -0.2) is 6.10 Å². The maximum Gasteiger partial charge on any atom is 0.0734 e. The summed E-state index contributed by atoms with van der Waals surface area (Å²) < 4.78 is 0. The van der Waals surface area contributed by atoms with E-state index in [1.165, 1.54) is 5.56 Å². The highest BCUT2D eigenvalue weighted by atomic mass is 35.5. The van der Waals surface area contributed by atoms with Gasteiger partial charge in [0.2, 0.25) is 0 Å². The van der Waals surface area contributed by atoms with Crippen LogP contribution in [0.15, 0.2) is 30.3 Å². The maximum atomic E-state index is 5.20. The van der Waals surface area contributed by atoms with Gasteiger partial charge in [0.15, 0.2) is 0 Å². The molecular weight excluding hydrogens is 186 g/mol. The van der Waals surface area contributed by atoms with Crippen molar-refractivity contribution in [3.63, 3.8) is 0 Å². The molecule has 0 aliphatic heterocycles. The summed E-state index contributed by atoms with van der Waals surface area (Å²) in [6, 6.07) is 10.2. The van der Waals surface area contributed by atoms with Gasteiger partial charge in [0, 0.05) is 6.54 Å². The van der Waals surface area contributed by atoms with Crippen LogP contribution in [0, 0.1) is 0 Å². The highest BCUT2D eigenvalue weighted by Gasteiger charge is 1.92. The van der Waals surface area contributed by atoms with E-state index in [2.05, 4.69) is 17.6 Å². The van der Waals surface area contributed by atoms with Gasteiger partial charge in [0.05, 0.1) is 6.10 Å². The van der Waals surface area contributed by atoms with E-state index >= 15 is 0 Å². The van der Waals surface area contributed by atoms with Crippen LogP contribution in [0.25, 0.3) is 0 Å². The SMILES string of the molecule is CC(C)ONCc1ccccc1.Cl. The largest absolute Gasteiger partial charge is 0.299 e. The molecule has 3 heteroatoms. The summed E-state index contributed by atoms with van der Waals surface area (Å²) in [5.74, 6) is 0. The van der Waals surface area contributed by atoms with Crippen molar-refractivity contribution in [1.82, 2.24) is 5.48 Å². The Kier molecular flexibility index (Phi) is 6.59. The molecule has 0 bridgehead atoms. The summed E-state index contributed by atoms with van der Waals surface area (Å²) in [7, 11) is 0. The number of hydrogen-bond donors (Lipinski definition) is 1. The summed E-state index contributed by atoms with van der Waals surface area (Å²) in [4.78, 5) is 5.20. The first-order valence-electron chi connectivity index (χ1n) is 4.21. The predicted molar refractivity (Wildman–Crippen MR) is 56.8 cm³/mol. The van der Waals surface area contributed by atoms with Crippen LogP contribution in [0.1, 0.15) is 19.4 Å². The van der Waals surface area contributed by atoms with Gasteiger partial charge in [0.1, 0.15) is 0 Å². The van der Waals surface area contributed by atoms with Crippen LogP contribution in [0.3, 0.4) is 0 Å². The van der Waals surface area contributed by atoms with E-state index in [9.17, 15) is 0 Å². The van der Waals surface area contributed by atoms with Gasteiger partial charge in [-0.15, -0.1) is 12.4 Å². The lowest BCUT2D eigenvalue weighted by molar-refractivity contribution is -0.00883. The molecule has 0 saturated carbocycles. The van der Waals surface area contributed by atoms with Crippen molar-refractivity contribution in [1.29, 1.82) is 0 Å². The average molecular weight is 202 g/mol. The van der Waals surface area contributed by atoms with Gasteiger partial charge in [0.25, 0.3) is 0 Å². The van der Waals surface area contributed by atoms with Gasteiger partial charge >= 0.3 is 0 Å². The Morgan fingerprint density at radius 1 is 1.23 bits per heavy atom. The molecule has 0 aliphatic rings. The third kappa shape index (κ3) is 5.64. The van der Waals surface area contributed by atoms with Gasteiger partial charge in [-0.3, -0.25) is 4.84 Å². The summed E-state index contributed by atoms with van der Waals surface area (Å²) in [6.07, 6.45) is 0.230. The van der Waals surface area contributed by atoms with Gasteiger partial charge in [-0.2, -0.15) is 5.48 Å². The molecule has 1 rings (SSSR count). The molecule has 1 aromatic rings. The minimum atomic E-state index is 0. The molecule has 13 heavy (non-hydrogen) atoms. The minimum absolute atomic E-state index is 0. The predicted octanol–water partition coefficient (Wildman–Crippen LogP) is 2.54.